The van der Waals surface area contributed by atoms with Crippen molar-refractivity contribution in [1.29, 1.82) is 0 Å². The molecule has 0 saturated carbocycles. The van der Waals surface area contributed by atoms with Gasteiger partial charge in [0.05, 0.1) is 0 Å². The molecule has 2 N–H and O–H groups in total. The molecule has 0 aliphatic heterocycles. The fourth-order valence-corrected chi connectivity index (χ4v) is 6.62. The standard InChI is InChI=1S/C6H7N3O2.2C6H5.Sb/c7-6(10)9-8-4-5-2-1-3-11-5;2*1-2-4-6-5-3-1;/h1-4H,(H3,7,9,10);2*1-5H;/q;;;+1/p-1/b8-4+;;;. The van der Waals surface area contributed by atoms with Crippen LogP contribution in [-0.2, 0) is 3.02 Å². The van der Waals surface area contributed by atoms with Crippen molar-refractivity contribution in [3.05, 3.63) is 84.8 Å². The zero-order valence-corrected chi connectivity index (χ0v) is 15.4. The summed E-state index contributed by atoms with van der Waals surface area (Å²) in [6.45, 7) is 0. The molecular weight excluding hydrogens is 412 g/mol. The SMILES string of the molecule is N/C(=N\N=C\c1ccco1)[O][Sb]([c]1ccccc1)[c]1ccccc1. The van der Waals surface area contributed by atoms with E-state index in [1.807, 2.05) is 36.4 Å². The molecule has 0 aliphatic rings. The third-order valence-electron chi connectivity index (χ3n) is 3.05. The van der Waals surface area contributed by atoms with E-state index in [4.69, 9.17) is 13.2 Å². The molecule has 2 aromatic carbocycles. The van der Waals surface area contributed by atoms with Gasteiger partial charge in [-0.25, -0.2) is 0 Å². The van der Waals surface area contributed by atoms with Crippen molar-refractivity contribution in [3.8, 4) is 0 Å². The summed E-state index contributed by atoms with van der Waals surface area (Å²) in [6.07, 6.45) is 3.06. The Morgan fingerprint density at radius 1 is 0.917 bits per heavy atom. The Kier molecular flexibility index (Phi) is 5.69. The van der Waals surface area contributed by atoms with E-state index < -0.39 is 20.6 Å². The van der Waals surface area contributed by atoms with Gasteiger partial charge in [-0.15, -0.1) is 0 Å². The Morgan fingerprint density at radius 3 is 2.08 bits per heavy atom. The van der Waals surface area contributed by atoms with Gasteiger partial charge in [0.2, 0.25) is 0 Å². The molecule has 1 heterocycles. The van der Waals surface area contributed by atoms with E-state index in [9.17, 15) is 0 Å². The van der Waals surface area contributed by atoms with Crippen LogP contribution in [0.1, 0.15) is 5.76 Å². The molecule has 6 heteroatoms. The Morgan fingerprint density at radius 2 is 1.54 bits per heavy atom. The van der Waals surface area contributed by atoms with Crippen LogP contribution in [0.15, 0.2) is 93.7 Å². The number of rotatable bonds is 5. The zero-order valence-electron chi connectivity index (χ0n) is 12.8. The van der Waals surface area contributed by atoms with Crippen LogP contribution in [0.3, 0.4) is 0 Å². The van der Waals surface area contributed by atoms with E-state index in [2.05, 4.69) is 34.5 Å². The molecule has 0 radical (unpaired) electrons. The Bertz CT molecular complexity index is 763. The van der Waals surface area contributed by atoms with Crippen LogP contribution in [0.25, 0.3) is 0 Å². The van der Waals surface area contributed by atoms with Crippen molar-refractivity contribution in [2.75, 3.05) is 0 Å². The Labute approximate surface area is 148 Å². The Balaban J connectivity index is 1.79. The molecule has 0 aliphatic carbocycles. The molecule has 5 nitrogen and oxygen atoms in total. The average Bonchev–Trinajstić information content (AvgIpc) is 3.15. The number of hydrogen-bond donors (Lipinski definition) is 1. The van der Waals surface area contributed by atoms with Crippen LogP contribution >= 0.6 is 0 Å². The first kappa shape index (κ1) is 16.3. The first-order valence-electron chi connectivity index (χ1n) is 7.31. The van der Waals surface area contributed by atoms with E-state index in [0.29, 0.717) is 5.76 Å². The molecule has 24 heavy (non-hydrogen) atoms. The monoisotopic (exact) mass is 427 g/mol. The molecule has 0 unspecified atom stereocenters. The van der Waals surface area contributed by atoms with E-state index >= 15 is 0 Å². The summed E-state index contributed by atoms with van der Waals surface area (Å²) >= 11 is -2.48. The third kappa shape index (κ3) is 4.49. The molecule has 0 bridgehead atoms. The number of nitrogens with zero attached hydrogens (tertiary/aromatic N) is 2. The summed E-state index contributed by atoms with van der Waals surface area (Å²) in [5, 5.41) is 7.82. The zero-order chi connectivity index (χ0) is 16.6. The Hall–Kier alpha value is -2.52. The predicted molar refractivity (Wildman–Crippen MR) is 96.9 cm³/mol. The van der Waals surface area contributed by atoms with Gasteiger partial charge in [0.25, 0.3) is 0 Å². The van der Waals surface area contributed by atoms with Crippen LogP contribution in [0, 0.1) is 0 Å². The van der Waals surface area contributed by atoms with Gasteiger partial charge >= 0.3 is 148 Å². The molecule has 0 saturated heterocycles. The molecule has 0 atom stereocenters. The quantitative estimate of drug-likeness (QED) is 0.292. The first-order chi connectivity index (χ1) is 11.8. The van der Waals surface area contributed by atoms with Crippen molar-refractivity contribution in [3.63, 3.8) is 0 Å². The summed E-state index contributed by atoms with van der Waals surface area (Å²) in [5.74, 6) is 0.607. The van der Waals surface area contributed by atoms with Crippen molar-refractivity contribution in [2.45, 2.75) is 0 Å². The average molecular weight is 428 g/mol. The predicted octanol–water partition coefficient (Wildman–Crippen LogP) is 1.75. The number of benzene rings is 2. The van der Waals surface area contributed by atoms with Gasteiger partial charge in [0, 0.05) is 0 Å². The molecule has 0 spiro atoms. The van der Waals surface area contributed by atoms with Crippen LogP contribution in [0.4, 0.5) is 0 Å². The van der Waals surface area contributed by atoms with Crippen LogP contribution in [0.2, 0.25) is 0 Å². The second-order valence-electron chi connectivity index (χ2n) is 4.75. The molecule has 1 aromatic heterocycles. The summed E-state index contributed by atoms with van der Waals surface area (Å²) in [6, 6.07) is 23.9. The second kappa shape index (κ2) is 8.36. The van der Waals surface area contributed by atoms with Crippen molar-refractivity contribution in [2.24, 2.45) is 15.9 Å². The van der Waals surface area contributed by atoms with Crippen LogP contribution < -0.4 is 12.8 Å². The normalized spacial score (nSPS) is 12.0. The first-order valence-corrected chi connectivity index (χ1v) is 10.9. The van der Waals surface area contributed by atoms with E-state index in [-0.39, 0.29) is 6.02 Å². The van der Waals surface area contributed by atoms with Gasteiger partial charge in [0.15, 0.2) is 0 Å². The number of amidine groups is 1. The maximum atomic E-state index is 6.01. The summed E-state index contributed by atoms with van der Waals surface area (Å²) in [4.78, 5) is 0. The van der Waals surface area contributed by atoms with E-state index in [1.165, 1.54) is 13.2 Å². The van der Waals surface area contributed by atoms with E-state index in [0.717, 1.165) is 0 Å². The summed E-state index contributed by atoms with van der Waals surface area (Å²) in [5.41, 5.74) is 5.92. The number of nitrogens with two attached hydrogens (primary N) is 1. The molecule has 0 fully saturated rings. The van der Waals surface area contributed by atoms with Gasteiger partial charge in [-0.3, -0.25) is 0 Å². The van der Waals surface area contributed by atoms with Crippen molar-refractivity contribution in [1.82, 2.24) is 0 Å². The molecule has 3 rings (SSSR count). The van der Waals surface area contributed by atoms with Gasteiger partial charge in [-0.2, -0.15) is 0 Å². The van der Waals surface area contributed by atoms with Crippen LogP contribution in [0.5, 0.6) is 0 Å². The molecule has 3 aromatic rings. The minimum atomic E-state index is -2.48. The van der Waals surface area contributed by atoms with Crippen LogP contribution in [-0.4, -0.2) is 32.9 Å². The van der Waals surface area contributed by atoms with E-state index in [1.54, 1.807) is 18.4 Å². The van der Waals surface area contributed by atoms with Gasteiger partial charge in [-0.1, -0.05) is 0 Å². The van der Waals surface area contributed by atoms with Gasteiger partial charge in [-0.05, 0) is 0 Å². The van der Waals surface area contributed by atoms with Gasteiger partial charge in [0.1, 0.15) is 0 Å². The summed E-state index contributed by atoms with van der Waals surface area (Å²) in [7, 11) is 0. The molecule has 120 valence electrons. The molecular formula is C18H16N3O2Sb. The molecule has 0 amide bonds. The summed E-state index contributed by atoms with van der Waals surface area (Å²) < 4.78 is 13.5. The van der Waals surface area contributed by atoms with Crippen molar-refractivity contribution >= 4 is 39.9 Å². The maximum absolute atomic E-state index is 6.01. The van der Waals surface area contributed by atoms with Crippen molar-refractivity contribution < 1.29 is 7.43 Å². The topological polar surface area (TPSA) is 73.1 Å². The number of hydrogen-bond acceptors (Lipinski definition) is 4. The fourth-order valence-electron chi connectivity index (χ4n) is 2.00. The minimum absolute atomic E-state index is 0.0634. The number of furan rings is 1. The third-order valence-corrected chi connectivity index (χ3v) is 8.48. The second-order valence-corrected chi connectivity index (χ2v) is 9.90. The fraction of sp³-hybridized carbons (Fsp3) is 0. The van der Waals surface area contributed by atoms with Gasteiger partial charge < -0.3 is 0 Å².